The summed E-state index contributed by atoms with van der Waals surface area (Å²) in [6.45, 7) is 1.68. The molecule has 0 radical (unpaired) electrons. The van der Waals surface area contributed by atoms with Crippen LogP contribution in [0.4, 0.5) is 5.69 Å². The molecule has 0 amide bonds. The Kier molecular flexibility index (Phi) is 4.19. The smallest absolute Gasteiger partial charge is 0.283 e. The van der Waals surface area contributed by atoms with Crippen molar-refractivity contribution >= 4 is 17.4 Å². The highest BCUT2D eigenvalue weighted by atomic mass is 32.2. The van der Waals surface area contributed by atoms with Gasteiger partial charge in [-0.05, 0) is 24.6 Å². The zero-order chi connectivity index (χ0) is 13.8. The van der Waals surface area contributed by atoms with E-state index in [1.54, 1.807) is 25.1 Å². The van der Waals surface area contributed by atoms with Gasteiger partial charge in [-0.1, -0.05) is 42.1 Å². The Bertz CT molecular complexity index is 599. The van der Waals surface area contributed by atoms with Gasteiger partial charge in [0.25, 0.3) is 5.69 Å². The molecule has 4 nitrogen and oxygen atoms in total. The lowest BCUT2D eigenvalue weighted by molar-refractivity contribution is -0.387. The molecule has 98 valence electrons. The highest BCUT2D eigenvalue weighted by Gasteiger charge is 2.16. The predicted octanol–water partition coefficient (Wildman–Crippen LogP) is 3.80. The highest BCUT2D eigenvalue weighted by molar-refractivity contribution is 7.99. The van der Waals surface area contributed by atoms with Crippen LogP contribution in [0.5, 0.6) is 0 Å². The summed E-state index contributed by atoms with van der Waals surface area (Å²) in [4.78, 5) is 12.0. The Morgan fingerprint density at radius 3 is 2.32 bits per heavy atom. The molecule has 2 rings (SSSR count). The summed E-state index contributed by atoms with van der Waals surface area (Å²) in [5.41, 5.74) is 0.846. The van der Waals surface area contributed by atoms with Crippen molar-refractivity contribution in [3.8, 4) is 0 Å². The molecule has 0 aromatic heterocycles. The van der Waals surface area contributed by atoms with E-state index in [2.05, 4.69) is 0 Å². The minimum absolute atomic E-state index is 0.0768. The SMILES string of the molecule is CC(O)c1ccccc1Sc1ccccc1[N+](=O)[O-]. The molecule has 5 heteroatoms. The average molecular weight is 275 g/mol. The molecule has 0 heterocycles. The van der Waals surface area contributed by atoms with Crippen LogP contribution in [0.3, 0.4) is 0 Å². The second-order valence-electron chi connectivity index (χ2n) is 4.04. The fourth-order valence-electron chi connectivity index (χ4n) is 1.73. The third-order valence-electron chi connectivity index (χ3n) is 2.65. The number of rotatable bonds is 4. The van der Waals surface area contributed by atoms with Crippen molar-refractivity contribution in [2.24, 2.45) is 0 Å². The molecule has 19 heavy (non-hydrogen) atoms. The van der Waals surface area contributed by atoms with Crippen LogP contribution < -0.4 is 0 Å². The second kappa shape index (κ2) is 5.86. The lowest BCUT2D eigenvalue weighted by atomic mass is 10.1. The molecule has 1 N–H and O–H groups in total. The van der Waals surface area contributed by atoms with E-state index in [4.69, 9.17) is 0 Å². The van der Waals surface area contributed by atoms with E-state index in [9.17, 15) is 15.2 Å². The molecule has 0 saturated carbocycles. The van der Waals surface area contributed by atoms with Crippen molar-refractivity contribution in [3.63, 3.8) is 0 Å². The first-order chi connectivity index (χ1) is 9.09. The van der Waals surface area contributed by atoms with Crippen molar-refractivity contribution in [2.45, 2.75) is 22.8 Å². The fraction of sp³-hybridized carbons (Fsp3) is 0.143. The number of nitrogens with zero attached hydrogens (tertiary/aromatic N) is 1. The number of nitro groups is 1. The van der Waals surface area contributed by atoms with E-state index in [-0.39, 0.29) is 5.69 Å². The van der Waals surface area contributed by atoms with Gasteiger partial charge < -0.3 is 5.11 Å². The monoisotopic (exact) mass is 275 g/mol. The van der Waals surface area contributed by atoms with Gasteiger partial charge in [-0.3, -0.25) is 10.1 Å². The summed E-state index contributed by atoms with van der Waals surface area (Å²) in [6, 6.07) is 14.0. The molecule has 2 aromatic carbocycles. The molecule has 0 bridgehead atoms. The standard InChI is InChI=1S/C14H13NO3S/c1-10(16)11-6-2-4-8-13(11)19-14-9-5-3-7-12(14)15(17)18/h2-10,16H,1H3. The lowest BCUT2D eigenvalue weighted by Gasteiger charge is -2.11. The molecule has 1 atom stereocenters. The topological polar surface area (TPSA) is 63.4 Å². The summed E-state index contributed by atoms with van der Waals surface area (Å²) >= 11 is 1.30. The van der Waals surface area contributed by atoms with Crippen molar-refractivity contribution < 1.29 is 10.0 Å². The van der Waals surface area contributed by atoms with Gasteiger partial charge >= 0.3 is 0 Å². The average Bonchev–Trinajstić information content (AvgIpc) is 2.39. The molecular weight excluding hydrogens is 262 g/mol. The number of nitro benzene ring substituents is 1. The van der Waals surface area contributed by atoms with E-state index in [0.717, 1.165) is 10.5 Å². The highest BCUT2D eigenvalue weighted by Crippen LogP contribution is 2.37. The maximum Gasteiger partial charge on any atom is 0.283 e. The zero-order valence-corrected chi connectivity index (χ0v) is 11.1. The van der Waals surface area contributed by atoms with Crippen LogP contribution >= 0.6 is 11.8 Å². The maximum atomic E-state index is 11.0. The molecular formula is C14H13NO3S. The Morgan fingerprint density at radius 2 is 1.68 bits per heavy atom. The van der Waals surface area contributed by atoms with Gasteiger partial charge in [0, 0.05) is 11.0 Å². The molecule has 1 unspecified atom stereocenters. The largest absolute Gasteiger partial charge is 0.389 e. The molecule has 0 aliphatic carbocycles. The van der Waals surface area contributed by atoms with Crippen LogP contribution in [0.25, 0.3) is 0 Å². The Hall–Kier alpha value is -1.85. The first-order valence-corrected chi connectivity index (χ1v) is 6.59. The number of aliphatic hydroxyl groups excluding tert-OH is 1. The third kappa shape index (κ3) is 3.13. The quantitative estimate of drug-likeness (QED) is 0.681. The van der Waals surface area contributed by atoms with Gasteiger partial charge in [0.05, 0.1) is 15.9 Å². The Balaban J connectivity index is 2.39. The van der Waals surface area contributed by atoms with Crippen molar-refractivity contribution in [3.05, 3.63) is 64.2 Å². The normalized spacial score (nSPS) is 12.1. The number of hydrogen-bond donors (Lipinski definition) is 1. The van der Waals surface area contributed by atoms with Gasteiger partial charge in [0.15, 0.2) is 0 Å². The Morgan fingerprint density at radius 1 is 1.11 bits per heavy atom. The summed E-state index contributed by atoms with van der Waals surface area (Å²) in [7, 11) is 0. The van der Waals surface area contributed by atoms with Crippen LogP contribution in [-0.2, 0) is 0 Å². The van der Waals surface area contributed by atoms with Crippen LogP contribution in [0.2, 0.25) is 0 Å². The van der Waals surface area contributed by atoms with Crippen LogP contribution in [-0.4, -0.2) is 10.0 Å². The molecule has 0 aliphatic rings. The van der Waals surface area contributed by atoms with Crippen LogP contribution in [0.15, 0.2) is 58.3 Å². The molecule has 2 aromatic rings. The first-order valence-electron chi connectivity index (χ1n) is 5.78. The first kappa shape index (κ1) is 13.6. The number of para-hydroxylation sites is 1. The lowest BCUT2D eigenvalue weighted by Crippen LogP contribution is -1.94. The second-order valence-corrected chi connectivity index (χ2v) is 5.12. The van der Waals surface area contributed by atoms with Crippen molar-refractivity contribution in [1.82, 2.24) is 0 Å². The summed E-state index contributed by atoms with van der Waals surface area (Å²) in [5.74, 6) is 0. The van der Waals surface area contributed by atoms with Gasteiger partial charge in [-0.15, -0.1) is 0 Å². The van der Waals surface area contributed by atoms with E-state index in [1.807, 2.05) is 24.3 Å². The van der Waals surface area contributed by atoms with E-state index >= 15 is 0 Å². The van der Waals surface area contributed by atoms with Crippen LogP contribution in [0, 0.1) is 10.1 Å². The van der Waals surface area contributed by atoms with Crippen LogP contribution in [0.1, 0.15) is 18.6 Å². The van der Waals surface area contributed by atoms with Crippen molar-refractivity contribution in [1.29, 1.82) is 0 Å². The predicted molar refractivity (Wildman–Crippen MR) is 74.3 cm³/mol. The van der Waals surface area contributed by atoms with E-state index in [1.165, 1.54) is 17.8 Å². The summed E-state index contributed by atoms with van der Waals surface area (Å²) in [5, 5.41) is 20.7. The van der Waals surface area contributed by atoms with Gasteiger partial charge in [-0.2, -0.15) is 0 Å². The minimum atomic E-state index is -0.605. The Labute approximate surface area is 115 Å². The summed E-state index contributed by atoms with van der Waals surface area (Å²) in [6.07, 6.45) is -0.605. The number of benzene rings is 2. The molecule has 0 aliphatic heterocycles. The molecule has 0 spiro atoms. The fourth-order valence-corrected chi connectivity index (χ4v) is 2.87. The van der Waals surface area contributed by atoms with E-state index < -0.39 is 11.0 Å². The maximum absolute atomic E-state index is 11.0. The minimum Gasteiger partial charge on any atom is -0.389 e. The third-order valence-corrected chi connectivity index (χ3v) is 3.81. The van der Waals surface area contributed by atoms with Gasteiger partial charge in [0.2, 0.25) is 0 Å². The number of aliphatic hydroxyl groups is 1. The molecule has 0 saturated heterocycles. The van der Waals surface area contributed by atoms with Gasteiger partial charge in [0.1, 0.15) is 0 Å². The molecule has 0 fully saturated rings. The zero-order valence-electron chi connectivity index (χ0n) is 10.3. The van der Waals surface area contributed by atoms with Crippen molar-refractivity contribution in [2.75, 3.05) is 0 Å². The number of hydrogen-bond acceptors (Lipinski definition) is 4. The van der Waals surface area contributed by atoms with E-state index in [0.29, 0.717) is 4.90 Å². The van der Waals surface area contributed by atoms with Gasteiger partial charge in [-0.25, -0.2) is 0 Å². The summed E-state index contributed by atoms with van der Waals surface area (Å²) < 4.78 is 0.